The fourth-order valence-electron chi connectivity index (χ4n) is 3.82. The largest absolute Gasteiger partial charge is 0.512 e. The van der Waals surface area contributed by atoms with E-state index < -0.39 is 0 Å². The lowest BCUT2D eigenvalue weighted by molar-refractivity contribution is 0.189. The number of aliphatic hydroxyl groups is 2. The molecule has 0 saturated heterocycles. The van der Waals surface area contributed by atoms with Gasteiger partial charge >= 0.3 is 0 Å². The van der Waals surface area contributed by atoms with Gasteiger partial charge < -0.3 is 10.2 Å². The van der Waals surface area contributed by atoms with Crippen LogP contribution < -0.4 is 0 Å². The normalized spacial score (nSPS) is 38.8. The number of fused-ring (bicyclic) bond motifs is 3. The van der Waals surface area contributed by atoms with Crippen molar-refractivity contribution in [1.82, 2.24) is 0 Å². The van der Waals surface area contributed by atoms with Crippen LogP contribution in [0.3, 0.4) is 0 Å². The Morgan fingerprint density at radius 1 is 1.11 bits per heavy atom. The van der Waals surface area contributed by atoms with E-state index in [2.05, 4.69) is 26.0 Å². The predicted octanol–water partition coefficient (Wildman–Crippen LogP) is 4.05. The van der Waals surface area contributed by atoms with Crippen LogP contribution >= 0.6 is 0 Å². The first-order chi connectivity index (χ1) is 8.56. The topological polar surface area (TPSA) is 40.5 Å². The molecule has 2 unspecified atom stereocenters. The van der Waals surface area contributed by atoms with Crippen molar-refractivity contribution in [1.29, 1.82) is 0 Å². The molecule has 0 aromatic carbocycles. The standard InChI is InChI=1S/C16H20O2/c1-9-3-4-13-10(2)6-11-7-12(17)8-15(18)16(11)14(13)5-9/h5-8,11,13-14,16-18H,3-4H2,1-2H3/t11?,13-,14+,16?/m0/s1. The summed E-state index contributed by atoms with van der Waals surface area (Å²) in [5.74, 6) is 1.72. The molecule has 18 heavy (non-hydrogen) atoms. The third-order valence-electron chi connectivity index (χ3n) is 4.66. The van der Waals surface area contributed by atoms with E-state index in [4.69, 9.17) is 0 Å². The van der Waals surface area contributed by atoms with Crippen LogP contribution in [0.15, 0.2) is 47.0 Å². The van der Waals surface area contributed by atoms with Crippen LogP contribution in [-0.4, -0.2) is 10.2 Å². The predicted molar refractivity (Wildman–Crippen MR) is 72.1 cm³/mol. The monoisotopic (exact) mass is 244 g/mol. The highest BCUT2D eigenvalue weighted by Crippen LogP contribution is 2.48. The zero-order valence-corrected chi connectivity index (χ0v) is 10.9. The molecular weight excluding hydrogens is 224 g/mol. The Bertz CT molecular complexity index is 493. The van der Waals surface area contributed by atoms with Crippen molar-refractivity contribution in [2.75, 3.05) is 0 Å². The Hall–Kier alpha value is -1.44. The molecule has 0 aromatic rings. The maximum Gasteiger partial charge on any atom is 0.115 e. The summed E-state index contributed by atoms with van der Waals surface area (Å²) in [6, 6.07) is 0. The van der Waals surface area contributed by atoms with Gasteiger partial charge in [-0.1, -0.05) is 23.3 Å². The molecule has 0 saturated carbocycles. The van der Waals surface area contributed by atoms with Crippen LogP contribution in [0, 0.1) is 23.7 Å². The molecule has 0 aliphatic heterocycles. The van der Waals surface area contributed by atoms with Gasteiger partial charge in [0, 0.05) is 17.9 Å². The maximum atomic E-state index is 10.2. The molecule has 2 nitrogen and oxygen atoms in total. The molecule has 3 aliphatic rings. The van der Waals surface area contributed by atoms with Crippen LogP contribution in [0.2, 0.25) is 0 Å². The molecule has 2 heteroatoms. The van der Waals surface area contributed by atoms with E-state index in [-0.39, 0.29) is 17.6 Å². The van der Waals surface area contributed by atoms with Gasteiger partial charge in [0.2, 0.25) is 0 Å². The smallest absolute Gasteiger partial charge is 0.115 e. The van der Waals surface area contributed by atoms with E-state index in [1.165, 1.54) is 23.6 Å². The van der Waals surface area contributed by atoms with Gasteiger partial charge in [-0.05, 0) is 44.6 Å². The number of hydrogen-bond donors (Lipinski definition) is 2. The van der Waals surface area contributed by atoms with Gasteiger partial charge in [0.05, 0.1) is 0 Å². The van der Waals surface area contributed by atoms with Gasteiger partial charge in [0.15, 0.2) is 0 Å². The summed E-state index contributed by atoms with van der Waals surface area (Å²) >= 11 is 0. The lowest BCUT2D eigenvalue weighted by atomic mass is 9.62. The van der Waals surface area contributed by atoms with Crippen molar-refractivity contribution in [2.45, 2.75) is 26.7 Å². The van der Waals surface area contributed by atoms with Gasteiger partial charge in [-0.2, -0.15) is 0 Å². The van der Waals surface area contributed by atoms with Gasteiger partial charge in [-0.25, -0.2) is 0 Å². The molecule has 3 aliphatic carbocycles. The number of rotatable bonds is 0. The van der Waals surface area contributed by atoms with E-state index in [0.717, 1.165) is 6.42 Å². The van der Waals surface area contributed by atoms with Gasteiger partial charge in [0.1, 0.15) is 11.5 Å². The Labute approximate surface area is 108 Å². The van der Waals surface area contributed by atoms with E-state index in [0.29, 0.717) is 17.6 Å². The zero-order chi connectivity index (χ0) is 12.9. The summed E-state index contributed by atoms with van der Waals surface area (Å²) in [4.78, 5) is 0. The van der Waals surface area contributed by atoms with Crippen molar-refractivity contribution in [3.8, 4) is 0 Å². The van der Waals surface area contributed by atoms with Crippen LogP contribution in [0.4, 0.5) is 0 Å². The van der Waals surface area contributed by atoms with E-state index in [1.807, 2.05) is 6.08 Å². The van der Waals surface area contributed by atoms with Gasteiger partial charge in [-0.3, -0.25) is 0 Å². The summed E-state index contributed by atoms with van der Waals surface area (Å²) in [6.07, 6.45) is 10.3. The fourth-order valence-corrected chi connectivity index (χ4v) is 3.82. The first kappa shape index (κ1) is 11.6. The summed E-state index contributed by atoms with van der Waals surface area (Å²) in [5.41, 5.74) is 2.83. The second kappa shape index (κ2) is 4.04. The average Bonchev–Trinajstić information content (AvgIpc) is 2.27. The fraction of sp³-hybridized carbons (Fsp3) is 0.500. The Morgan fingerprint density at radius 3 is 2.67 bits per heavy atom. The summed E-state index contributed by atoms with van der Waals surface area (Å²) in [7, 11) is 0. The molecule has 0 aromatic heterocycles. The number of aliphatic hydroxyl groups excluding tert-OH is 2. The van der Waals surface area contributed by atoms with E-state index in [9.17, 15) is 10.2 Å². The molecule has 96 valence electrons. The zero-order valence-electron chi connectivity index (χ0n) is 10.9. The minimum Gasteiger partial charge on any atom is -0.512 e. The minimum atomic E-state index is 0.116. The molecule has 0 bridgehead atoms. The third-order valence-corrected chi connectivity index (χ3v) is 4.66. The number of hydrogen-bond acceptors (Lipinski definition) is 2. The van der Waals surface area contributed by atoms with Crippen LogP contribution in [-0.2, 0) is 0 Å². The lowest BCUT2D eigenvalue weighted by Crippen LogP contribution is -2.36. The van der Waals surface area contributed by atoms with Crippen molar-refractivity contribution < 1.29 is 10.2 Å². The van der Waals surface area contributed by atoms with Crippen molar-refractivity contribution in [3.05, 3.63) is 47.0 Å². The van der Waals surface area contributed by atoms with Crippen molar-refractivity contribution >= 4 is 0 Å². The Balaban J connectivity index is 2.06. The summed E-state index contributed by atoms with van der Waals surface area (Å²) in [5, 5.41) is 19.8. The van der Waals surface area contributed by atoms with E-state index >= 15 is 0 Å². The second-order valence-electron chi connectivity index (χ2n) is 5.91. The number of allylic oxidation sites excluding steroid dienone is 7. The highest BCUT2D eigenvalue weighted by Gasteiger charge is 2.41. The van der Waals surface area contributed by atoms with Crippen LogP contribution in [0.5, 0.6) is 0 Å². The summed E-state index contributed by atoms with van der Waals surface area (Å²) < 4.78 is 0. The molecule has 0 heterocycles. The summed E-state index contributed by atoms with van der Waals surface area (Å²) in [6.45, 7) is 4.36. The second-order valence-corrected chi connectivity index (χ2v) is 5.91. The molecular formula is C16H20O2. The molecule has 0 fully saturated rings. The minimum absolute atomic E-state index is 0.116. The SMILES string of the molecule is CC1=C[C@H]2C3C(O)=CC(O)=CC3C=C(C)[C@@H]2CC1. The first-order valence-electron chi connectivity index (χ1n) is 6.73. The van der Waals surface area contributed by atoms with Crippen LogP contribution in [0.1, 0.15) is 26.7 Å². The van der Waals surface area contributed by atoms with Crippen molar-refractivity contribution in [3.63, 3.8) is 0 Å². The highest BCUT2D eigenvalue weighted by atomic mass is 16.3. The molecule has 0 radical (unpaired) electrons. The molecule has 0 spiro atoms. The molecule has 3 rings (SSSR count). The quantitative estimate of drug-likeness (QED) is 0.631. The molecule has 2 N–H and O–H groups in total. The van der Waals surface area contributed by atoms with Gasteiger partial charge in [-0.15, -0.1) is 0 Å². The molecule has 0 amide bonds. The Kier molecular flexibility index (Phi) is 2.61. The van der Waals surface area contributed by atoms with Crippen LogP contribution in [0.25, 0.3) is 0 Å². The lowest BCUT2D eigenvalue weighted by Gasteiger charge is -2.43. The highest BCUT2D eigenvalue weighted by molar-refractivity contribution is 5.34. The Morgan fingerprint density at radius 2 is 1.89 bits per heavy atom. The average molecular weight is 244 g/mol. The van der Waals surface area contributed by atoms with Gasteiger partial charge in [0.25, 0.3) is 0 Å². The molecule has 4 atom stereocenters. The first-order valence-corrected chi connectivity index (χ1v) is 6.73. The maximum absolute atomic E-state index is 10.2. The van der Waals surface area contributed by atoms with Crippen molar-refractivity contribution in [2.24, 2.45) is 23.7 Å². The third kappa shape index (κ3) is 1.71. The van der Waals surface area contributed by atoms with E-state index in [1.54, 1.807) is 0 Å².